The Labute approximate surface area is 132 Å². The van der Waals surface area contributed by atoms with Gasteiger partial charge in [0.2, 0.25) is 0 Å². The number of benzene rings is 1. The maximum atomic E-state index is 10.2. The van der Waals surface area contributed by atoms with E-state index in [1.54, 1.807) is 30.3 Å². The van der Waals surface area contributed by atoms with Crippen molar-refractivity contribution < 1.29 is 15.0 Å². The van der Waals surface area contributed by atoms with E-state index in [2.05, 4.69) is 13.8 Å². The Morgan fingerprint density at radius 1 is 1.27 bits per heavy atom. The number of aliphatic hydroxyl groups excluding tert-OH is 1. The van der Waals surface area contributed by atoms with Crippen LogP contribution in [0, 0.1) is 23.2 Å². The molecule has 22 heavy (non-hydrogen) atoms. The minimum absolute atomic E-state index is 0.304. The van der Waals surface area contributed by atoms with Crippen LogP contribution in [0.5, 0.6) is 0 Å². The van der Waals surface area contributed by atoms with E-state index in [0.29, 0.717) is 35.5 Å². The van der Waals surface area contributed by atoms with Crippen molar-refractivity contribution in [3.05, 3.63) is 35.9 Å². The number of hydrogen-bond acceptors (Lipinski definition) is 3. The zero-order valence-corrected chi connectivity index (χ0v) is 13.4. The van der Waals surface area contributed by atoms with Crippen LogP contribution >= 0.6 is 0 Å². The SMILES string of the molecule is CC1(C)[C@H]2C[C@H](CCO)[C@@H](N)[C@@H]1C2.O=C(O)c1ccccc1. The van der Waals surface area contributed by atoms with Gasteiger partial charge in [0.1, 0.15) is 0 Å². The summed E-state index contributed by atoms with van der Waals surface area (Å²) in [6, 6.07) is 8.64. The minimum Gasteiger partial charge on any atom is -0.478 e. The van der Waals surface area contributed by atoms with Crippen LogP contribution < -0.4 is 5.73 Å². The number of carboxylic acid groups (broad SMARTS) is 1. The first-order valence-electron chi connectivity index (χ1n) is 8.02. The van der Waals surface area contributed by atoms with E-state index in [9.17, 15) is 4.79 Å². The number of carboxylic acids is 1. The number of rotatable bonds is 3. The highest BCUT2D eigenvalue weighted by atomic mass is 16.4. The summed E-state index contributed by atoms with van der Waals surface area (Å²) in [5.41, 5.74) is 7.02. The van der Waals surface area contributed by atoms with Gasteiger partial charge in [0, 0.05) is 12.6 Å². The van der Waals surface area contributed by atoms with Crippen LogP contribution in [-0.4, -0.2) is 28.8 Å². The number of nitrogens with two attached hydrogens (primary N) is 1. The van der Waals surface area contributed by atoms with Crippen LogP contribution in [0.25, 0.3) is 0 Å². The molecular weight excluding hydrogens is 278 g/mol. The molecule has 3 saturated carbocycles. The Balaban J connectivity index is 0.000000172. The van der Waals surface area contributed by atoms with Crippen LogP contribution in [0.3, 0.4) is 0 Å². The fraction of sp³-hybridized carbons (Fsp3) is 0.611. The number of aromatic carboxylic acids is 1. The Hall–Kier alpha value is -1.39. The topological polar surface area (TPSA) is 83.5 Å². The fourth-order valence-corrected chi connectivity index (χ4v) is 4.02. The summed E-state index contributed by atoms with van der Waals surface area (Å²) in [6.07, 6.45) is 3.48. The van der Waals surface area contributed by atoms with Gasteiger partial charge in [-0.25, -0.2) is 4.79 Å². The summed E-state index contributed by atoms with van der Waals surface area (Å²) in [4.78, 5) is 10.2. The van der Waals surface area contributed by atoms with Crippen molar-refractivity contribution in [3.63, 3.8) is 0 Å². The lowest BCUT2D eigenvalue weighted by Crippen LogP contribution is -2.61. The Kier molecular flexibility index (Phi) is 5.24. The lowest BCUT2D eigenvalue weighted by atomic mass is 9.45. The largest absolute Gasteiger partial charge is 0.478 e. The van der Waals surface area contributed by atoms with Crippen LogP contribution in [-0.2, 0) is 0 Å². The van der Waals surface area contributed by atoms with E-state index in [-0.39, 0.29) is 0 Å². The fourth-order valence-electron chi connectivity index (χ4n) is 4.02. The van der Waals surface area contributed by atoms with Gasteiger partial charge in [-0.05, 0) is 54.6 Å². The van der Waals surface area contributed by atoms with Crippen LogP contribution in [0.4, 0.5) is 0 Å². The quantitative estimate of drug-likeness (QED) is 0.802. The van der Waals surface area contributed by atoms with Crippen LogP contribution in [0.15, 0.2) is 30.3 Å². The predicted octanol–water partition coefficient (Wildman–Crippen LogP) is 2.76. The summed E-state index contributed by atoms with van der Waals surface area (Å²) < 4.78 is 0. The van der Waals surface area contributed by atoms with Crippen molar-refractivity contribution in [2.75, 3.05) is 6.61 Å². The van der Waals surface area contributed by atoms with E-state index < -0.39 is 5.97 Å². The van der Waals surface area contributed by atoms with Crippen molar-refractivity contribution in [1.82, 2.24) is 0 Å². The van der Waals surface area contributed by atoms with Crippen molar-refractivity contribution in [1.29, 1.82) is 0 Å². The molecule has 0 heterocycles. The highest BCUT2D eigenvalue weighted by Crippen LogP contribution is 2.60. The van der Waals surface area contributed by atoms with Gasteiger partial charge >= 0.3 is 5.97 Å². The third-order valence-electron chi connectivity index (χ3n) is 5.66. The first-order valence-corrected chi connectivity index (χ1v) is 8.02. The van der Waals surface area contributed by atoms with Crippen molar-refractivity contribution in [2.24, 2.45) is 28.9 Å². The van der Waals surface area contributed by atoms with E-state index >= 15 is 0 Å². The van der Waals surface area contributed by atoms with Crippen molar-refractivity contribution in [3.8, 4) is 0 Å². The standard InChI is InChI=1S/C11H21NO.C7H6O2/c1-11(2)8-5-7(3-4-13)10(12)9(11)6-8;8-7(9)6-4-2-1-3-5-6/h7-10,13H,3-6,12H2,1-2H3;1-5H,(H,8,9)/t7-,8-,9-,10+;/m0./s1. The average molecular weight is 305 g/mol. The second-order valence-electron chi connectivity index (χ2n) is 7.12. The van der Waals surface area contributed by atoms with E-state index in [4.69, 9.17) is 15.9 Å². The Bertz CT molecular complexity index is 500. The molecule has 1 aromatic carbocycles. The molecule has 3 fully saturated rings. The zero-order chi connectivity index (χ0) is 16.3. The molecule has 0 amide bonds. The van der Waals surface area contributed by atoms with E-state index in [1.807, 2.05) is 0 Å². The maximum absolute atomic E-state index is 10.2. The Morgan fingerprint density at radius 2 is 1.91 bits per heavy atom. The normalized spacial score (nSPS) is 31.5. The third-order valence-corrected chi connectivity index (χ3v) is 5.66. The van der Waals surface area contributed by atoms with Gasteiger partial charge in [-0.2, -0.15) is 0 Å². The molecule has 1 aromatic rings. The highest BCUT2D eigenvalue weighted by Gasteiger charge is 2.56. The minimum atomic E-state index is -0.879. The van der Waals surface area contributed by atoms with Crippen LogP contribution in [0.2, 0.25) is 0 Å². The number of aliphatic hydroxyl groups is 1. The van der Waals surface area contributed by atoms with Gasteiger partial charge in [-0.15, -0.1) is 0 Å². The lowest BCUT2D eigenvalue weighted by Gasteiger charge is -2.61. The smallest absolute Gasteiger partial charge is 0.335 e. The summed E-state index contributed by atoms with van der Waals surface area (Å²) in [6.45, 7) is 5.00. The molecule has 3 aliphatic rings. The molecule has 122 valence electrons. The summed E-state index contributed by atoms with van der Waals surface area (Å²) in [7, 11) is 0. The molecule has 3 aliphatic carbocycles. The molecule has 4 atom stereocenters. The summed E-state index contributed by atoms with van der Waals surface area (Å²) in [5, 5.41) is 17.3. The molecule has 4 N–H and O–H groups in total. The molecule has 0 spiro atoms. The zero-order valence-electron chi connectivity index (χ0n) is 13.4. The second-order valence-corrected chi connectivity index (χ2v) is 7.12. The van der Waals surface area contributed by atoms with Crippen LogP contribution in [0.1, 0.15) is 43.5 Å². The first kappa shape index (κ1) is 17.0. The van der Waals surface area contributed by atoms with E-state index in [1.165, 1.54) is 12.8 Å². The molecule has 4 heteroatoms. The van der Waals surface area contributed by atoms with Gasteiger partial charge in [-0.1, -0.05) is 32.0 Å². The van der Waals surface area contributed by atoms with Gasteiger partial charge in [0.25, 0.3) is 0 Å². The molecule has 0 unspecified atom stereocenters. The third kappa shape index (κ3) is 3.33. The Morgan fingerprint density at radius 3 is 2.32 bits per heavy atom. The average Bonchev–Trinajstić information content (AvgIpc) is 2.50. The van der Waals surface area contributed by atoms with Gasteiger partial charge in [0.15, 0.2) is 0 Å². The summed E-state index contributed by atoms with van der Waals surface area (Å²) in [5.74, 6) is 1.29. The predicted molar refractivity (Wildman–Crippen MR) is 86.6 cm³/mol. The van der Waals surface area contributed by atoms with Gasteiger partial charge < -0.3 is 15.9 Å². The summed E-state index contributed by atoms with van der Waals surface area (Å²) >= 11 is 0. The molecule has 0 radical (unpaired) electrons. The maximum Gasteiger partial charge on any atom is 0.335 e. The molecule has 4 rings (SSSR count). The highest BCUT2D eigenvalue weighted by molar-refractivity contribution is 5.87. The molecule has 2 bridgehead atoms. The molecular formula is C18H27NO3. The van der Waals surface area contributed by atoms with Crippen molar-refractivity contribution >= 4 is 5.97 Å². The lowest BCUT2D eigenvalue weighted by molar-refractivity contribution is -0.107. The monoisotopic (exact) mass is 305 g/mol. The van der Waals surface area contributed by atoms with Gasteiger partial charge in [-0.3, -0.25) is 0 Å². The second kappa shape index (κ2) is 6.80. The number of carbonyl (C=O) groups is 1. The molecule has 4 nitrogen and oxygen atoms in total. The molecule has 0 saturated heterocycles. The number of fused-ring (bicyclic) bond motifs is 2. The molecule has 0 aliphatic heterocycles. The van der Waals surface area contributed by atoms with Crippen molar-refractivity contribution in [2.45, 2.75) is 39.2 Å². The number of hydrogen-bond donors (Lipinski definition) is 3. The van der Waals surface area contributed by atoms with Gasteiger partial charge in [0.05, 0.1) is 5.56 Å². The van der Waals surface area contributed by atoms with E-state index in [0.717, 1.165) is 12.3 Å². The molecule has 0 aromatic heterocycles. The first-order chi connectivity index (χ1) is 10.4.